The first kappa shape index (κ1) is 19.4. The molecule has 0 aromatic heterocycles. The summed E-state index contributed by atoms with van der Waals surface area (Å²) in [5, 5.41) is 2.33. The van der Waals surface area contributed by atoms with Gasteiger partial charge in [-0.05, 0) is 35.9 Å². The number of halogens is 4. The molecule has 0 aliphatic carbocycles. The number of ether oxygens (including phenoxy) is 1. The van der Waals surface area contributed by atoms with Gasteiger partial charge in [0.1, 0.15) is 11.9 Å². The van der Waals surface area contributed by atoms with Crippen LogP contribution in [0, 0.1) is 5.82 Å². The fraction of sp³-hybridized carbons (Fsp3) is 0.222. The van der Waals surface area contributed by atoms with Crippen molar-refractivity contribution in [2.75, 3.05) is 7.11 Å². The second kappa shape index (κ2) is 7.99. The van der Waals surface area contributed by atoms with Gasteiger partial charge in [0, 0.05) is 12.0 Å². The van der Waals surface area contributed by atoms with E-state index in [0.717, 1.165) is 25.3 Å². The maximum Gasteiger partial charge on any atom is 0.416 e. The van der Waals surface area contributed by atoms with Crippen molar-refractivity contribution in [1.29, 1.82) is 0 Å². The van der Waals surface area contributed by atoms with E-state index in [2.05, 4.69) is 10.1 Å². The summed E-state index contributed by atoms with van der Waals surface area (Å²) in [7, 11) is 1.06. The maximum atomic E-state index is 13.1. The van der Waals surface area contributed by atoms with E-state index in [0.29, 0.717) is 0 Å². The topological polar surface area (TPSA) is 55.4 Å². The zero-order valence-electron chi connectivity index (χ0n) is 13.6. The summed E-state index contributed by atoms with van der Waals surface area (Å²) in [6, 6.07) is 7.93. The first-order chi connectivity index (χ1) is 12.2. The summed E-state index contributed by atoms with van der Waals surface area (Å²) >= 11 is 0. The van der Waals surface area contributed by atoms with Crippen LogP contribution < -0.4 is 5.32 Å². The molecule has 8 heteroatoms. The molecule has 0 aliphatic rings. The van der Waals surface area contributed by atoms with Crippen molar-refractivity contribution < 1.29 is 31.9 Å². The highest BCUT2D eigenvalue weighted by atomic mass is 19.4. The lowest BCUT2D eigenvalue weighted by atomic mass is 9.99. The Bertz CT molecular complexity index is 788. The van der Waals surface area contributed by atoms with E-state index in [1.165, 1.54) is 30.3 Å². The van der Waals surface area contributed by atoms with Gasteiger partial charge in [-0.15, -0.1) is 0 Å². The highest BCUT2D eigenvalue weighted by Gasteiger charge is 2.34. The third-order valence-corrected chi connectivity index (χ3v) is 3.64. The van der Waals surface area contributed by atoms with Crippen molar-refractivity contribution in [3.8, 4) is 0 Å². The van der Waals surface area contributed by atoms with E-state index >= 15 is 0 Å². The van der Waals surface area contributed by atoms with Crippen molar-refractivity contribution in [1.82, 2.24) is 5.32 Å². The van der Waals surface area contributed by atoms with E-state index in [-0.39, 0.29) is 11.1 Å². The van der Waals surface area contributed by atoms with Crippen molar-refractivity contribution in [2.45, 2.75) is 18.6 Å². The number of nitrogens with one attached hydrogen (secondary N) is 1. The number of esters is 1. The molecule has 138 valence electrons. The molecular formula is C18H15F4NO3. The molecule has 2 aromatic carbocycles. The minimum atomic E-state index is -4.60. The predicted octanol–water partition coefficient (Wildman–Crippen LogP) is 3.36. The fourth-order valence-electron chi connectivity index (χ4n) is 2.37. The third-order valence-electron chi connectivity index (χ3n) is 3.64. The van der Waals surface area contributed by atoms with Crippen LogP contribution in [0.1, 0.15) is 21.5 Å². The average molecular weight is 369 g/mol. The molecule has 1 amide bonds. The summed E-state index contributed by atoms with van der Waals surface area (Å²) in [4.78, 5) is 24.1. The first-order valence-electron chi connectivity index (χ1n) is 7.51. The van der Waals surface area contributed by atoms with Gasteiger partial charge in [-0.3, -0.25) is 4.79 Å². The molecule has 0 saturated heterocycles. The molecular weight excluding hydrogens is 354 g/mol. The zero-order valence-corrected chi connectivity index (χ0v) is 13.6. The fourth-order valence-corrected chi connectivity index (χ4v) is 2.37. The smallest absolute Gasteiger partial charge is 0.416 e. The van der Waals surface area contributed by atoms with Crippen LogP contribution in [0.5, 0.6) is 0 Å². The van der Waals surface area contributed by atoms with Gasteiger partial charge in [-0.1, -0.05) is 18.2 Å². The van der Waals surface area contributed by atoms with Gasteiger partial charge in [0.05, 0.1) is 12.7 Å². The van der Waals surface area contributed by atoms with Gasteiger partial charge in [0.2, 0.25) is 0 Å². The summed E-state index contributed by atoms with van der Waals surface area (Å²) < 4.78 is 56.8. The van der Waals surface area contributed by atoms with Gasteiger partial charge in [0.15, 0.2) is 0 Å². The van der Waals surface area contributed by atoms with E-state index in [1.807, 2.05) is 0 Å². The first-order valence-corrected chi connectivity index (χ1v) is 7.51. The molecule has 4 nitrogen and oxygen atoms in total. The molecule has 26 heavy (non-hydrogen) atoms. The lowest BCUT2D eigenvalue weighted by molar-refractivity contribution is -0.144. The number of methoxy groups -OCH3 is 1. The minimum absolute atomic E-state index is 0.0596. The Morgan fingerprint density at radius 1 is 1.08 bits per heavy atom. The number of amides is 1. The van der Waals surface area contributed by atoms with Gasteiger partial charge >= 0.3 is 12.1 Å². The van der Waals surface area contributed by atoms with Crippen LogP contribution in [0.2, 0.25) is 0 Å². The number of alkyl halides is 3. The van der Waals surface area contributed by atoms with Gasteiger partial charge in [-0.2, -0.15) is 13.2 Å². The molecule has 0 spiro atoms. The van der Waals surface area contributed by atoms with Gasteiger partial charge < -0.3 is 10.1 Å². The Balaban J connectivity index is 2.25. The molecule has 2 aromatic rings. The number of hydrogen-bond donors (Lipinski definition) is 1. The minimum Gasteiger partial charge on any atom is -0.467 e. The number of carbonyl (C=O) groups excluding carboxylic acids is 2. The molecule has 2 rings (SSSR count). The molecule has 1 N–H and O–H groups in total. The molecule has 0 fully saturated rings. The average Bonchev–Trinajstić information content (AvgIpc) is 2.60. The summed E-state index contributed by atoms with van der Waals surface area (Å²) in [5.74, 6) is -2.17. The molecule has 0 bridgehead atoms. The number of benzene rings is 2. The van der Waals surface area contributed by atoms with Crippen molar-refractivity contribution in [2.24, 2.45) is 0 Å². The number of hydrogen-bond acceptors (Lipinski definition) is 3. The van der Waals surface area contributed by atoms with Crippen molar-refractivity contribution in [3.63, 3.8) is 0 Å². The Morgan fingerprint density at radius 2 is 1.69 bits per heavy atom. The highest BCUT2D eigenvalue weighted by Crippen LogP contribution is 2.32. The van der Waals surface area contributed by atoms with Crippen LogP contribution >= 0.6 is 0 Å². The van der Waals surface area contributed by atoms with E-state index in [9.17, 15) is 27.2 Å². The van der Waals surface area contributed by atoms with Crippen LogP contribution in [0.3, 0.4) is 0 Å². The summed E-state index contributed by atoms with van der Waals surface area (Å²) in [5.41, 5.74) is -0.996. The van der Waals surface area contributed by atoms with Crippen LogP contribution in [0.4, 0.5) is 17.6 Å². The lowest BCUT2D eigenvalue weighted by Crippen LogP contribution is -2.43. The molecule has 0 saturated carbocycles. The second-order valence-electron chi connectivity index (χ2n) is 5.42. The number of rotatable bonds is 5. The normalized spacial score (nSPS) is 12.3. The van der Waals surface area contributed by atoms with E-state index in [4.69, 9.17) is 0 Å². The largest absolute Gasteiger partial charge is 0.467 e. The molecule has 0 unspecified atom stereocenters. The highest BCUT2D eigenvalue weighted by molar-refractivity contribution is 5.96. The van der Waals surface area contributed by atoms with Gasteiger partial charge in [-0.25, -0.2) is 9.18 Å². The number of carbonyl (C=O) groups is 2. The molecule has 1 atom stereocenters. The Kier molecular flexibility index (Phi) is 5.97. The Morgan fingerprint density at radius 3 is 2.27 bits per heavy atom. The standard InChI is InChI=1S/C18H15F4NO3/c1-26-17(25)15(23-16(24)11-6-8-13(19)9-7-11)10-12-4-2-3-5-14(12)18(20,21)22/h2-9,15H,10H2,1H3,(H,23,24)/t15-/m1/s1. The van der Waals surface area contributed by atoms with Crippen molar-refractivity contribution >= 4 is 11.9 Å². The maximum absolute atomic E-state index is 13.1. The predicted molar refractivity (Wildman–Crippen MR) is 84.8 cm³/mol. The van der Waals surface area contributed by atoms with E-state index < -0.39 is 41.9 Å². The lowest BCUT2D eigenvalue weighted by Gasteiger charge is -2.19. The van der Waals surface area contributed by atoms with Crippen molar-refractivity contribution in [3.05, 3.63) is 71.0 Å². The Labute approximate surface area is 146 Å². The molecule has 0 heterocycles. The third kappa shape index (κ3) is 4.81. The van der Waals surface area contributed by atoms with Crippen LogP contribution in [-0.2, 0) is 22.1 Å². The quantitative estimate of drug-likeness (QED) is 0.650. The monoisotopic (exact) mass is 369 g/mol. The molecule has 0 aliphatic heterocycles. The summed E-state index contributed by atoms with van der Waals surface area (Å²) in [6.45, 7) is 0. The van der Waals surface area contributed by atoms with E-state index in [1.54, 1.807) is 0 Å². The Hall–Kier alpha value is -2.90. The van der Waals surface area contributed by atoms with Gasteiger partial charge in [0.25, 0.3) is 5.91 Å². The second-order valence-corrected chi connectivity index (χ2v) is 5.42. The van der Waals surface area contributed by atoms with Crippen LogP contribution in [0.15, 0.2) is 48.5 Å². The van der Waals surface area contributed by atoms with Crippen LogP contribution in [0.25, 0.3) is 0 Å². The SMILES string of the molecule is COC(=O)[C@@H](Cc1ccccc1C(F)(F)F)NC(=O)c1ccc(F)cc1. The molecule has 0 radical (unpaired) electrons. The van der Waals surface area contributed by atoms with Crippen LogP contribution in [-0.4, -0.2) is 25.0 Å². The zero-order chi connectivity index (χ0) is 19.3. The summed E-state index contributed by atoms with van der Waals surface area (Å²) in [6.07, 6.45) is -5.01.